The molecule has 1 aliphatic carbocycles. The lowest BCUT2D eigenvalue weighted by Crippen LogP contribution is -3.00. The molecule has 5 heterocycles. The highest BCUT2D eigenvalue weighted by Crippen LogP contribution is 2.59. The maximum Gasteiger partial charge on any atom is 0.190 e. The van der Waals surface area contributed by atoms with Gasteiger partial charge in [0.05, 0.1) is 36.4 Å². The summed E-state index contributed by atoms with van der Waals surface area (Å²) in [5, 5.41) is 0. The molecule has 0 saturated carbocycles. The van der Waals surface area contributed by atoms with E-state index in [0.717, 1.165) is 6.42 Å². The summed E-state index contributed by atoms with van der Waals surface area (Å²) in [6.45, 7) is 0. The highest BCUT2D eigenvalue weighted by Gasteiger charge is 2.59. The fraction of sp³-hybridized carbons (Fsp3) is 0.174. The molecular formula is C23H18ClNO2. The van der Waals surface area contributed by atoms with Gasteiger partial charge in [-0.25, -0.2) is 0 Å². The van der Waals surface area contributed by atoms with Crippen LogP contribution in [0.1, 0.15) is 46.3 Å². The van der Waals surface area contributed by atoms with Gasteiger partial charge in [-0.3, -0.25) is 0 Å². The van der Waals surface area contributed by atoms with Crippen LogP contribution in [0.15, 0.2) is 94.7 Å². The molecule has 4 heteroatoms. The molecule has 0 N–H and O–H groups in total. The van der Waals surface area contributed by atoms with Crippen molar-refractivity contribution >= 4 is 0 Å². The van der Waals surface area contributed by atoms with Gasteiger partial charge < -0.3 is 21.2 Å². The van der Waals surface area contributed by atoms with Gasteiger partial charge in [-0.15, -0.1) is 0 Å². The summed E-state index contributed by atoms with van der Waals surface area (Å²) < 4.78 is 13.5. The normalized spacial score (nSPS) is 21.2. The molecule has 2 bridgehead atoms. The highest BCUT2D eigenvalue weighted by molar-refractivity contribution is 5.53. The Morgan fingerprint density at radius 3 is 2.15 bits per heavy atom. The van der Waals surface area contributed by atoms with Gasteiger partial charge in [-0.2, -0.15) is 4.57 Å². The van der Waals surface area contributed by atoms with Crippen molar-refractivity contribution in [2.45, 2.75) is 23.8 Å². The van der Waals surface area contributed by atoms with Gasteiger partial charge in [0, 0.05) is 35.2 Å². The van der Waals surface area contributed by atoms with E-state index in [2.05, 4.69) is 65.4 Å². The smallest absolute Gasteiger partial charge is 0.190 e. The Kier molecular flexibility index (Phi) is 3.56. The minimum absolute atomic E-state index is 0. The summed E-state index contributed by atoms with van der Waals surface area (Å²) in [4.78, 5) is 0. The molecule has 0 radical (unpaired) electrons. The van der Waals surface area contributed by atoms with Crippen molar-refractivity contribution < 1.29 is 25.8 Å². The number of furan rings is 2. The largest absolute Gasteiger partial charge is 1.00 e. The Hall–Kier alpha value is -2.78. The number of rotatable bonds is 2. The lowest BCUT2D eigenvalue weighted by atomic mass is 9.54. The van der Waals surface area contributed by atoms with Crippen LogP contribution < -0.4 is 17.0 Å². The van der Waals surface area contributed by atoms with E-state index >= 15 is 0 Å². The van der Waals surface area contributed by atoms with Crippen LogP contribution in [0, 0.1) is 0 Å². The molecule has 3 aliphatic rings. The molecule has 0 fully saturated rings. The number of hydrogen-bond donors (Lipinski definition) is 0. The van der Waals surface area contributed by atoms with Crippen molar-refractivity contribution in [3.05, 3.63) is 114 Å². The molecule has 1 aromatic carbocycles. The quantitative estimate of drug-likeness (QED) is 0.498. The maximum atomic E-state index is 5.54. The molecule has 3 nitrogen and oxygen atoms in total. The lowest BCUT2D eigenvalue weighted by Gasteiger charge is -2.48. The van der Waals surface area contributed by atoms with Gasteiger partial charge in [-0.05, 0) is 17.7 Å². The minimum Gasteiger partial charge on any atom is -1.00 e. The Morgan fingerprint density at radius 1 is 0.815 bits per heavy atom. The molecule has 4 aromatic rings. The number of nitrogens with zero attached hydrogens (tertiary/aromatic N) is 1. The van der Waals surface area contributed by atoms with Crippen LogP contribution in [0.25, 0.3) is 0 Å². The zero-order chi connectivity index (χ0) is 17.1. The molecule has 27 heavy (non-hydrogen) atoms. The zero-order valence-electron chi connectivity index (χ0n) is 14.6. The lowest BCUT2D eigenvalue weighted by molar-refractivity contribution is -0.732. The second-order valence-electron chi connectivity index (χ2n) is 7.31. The van der Waals surface area contributed by atoms with Gasteiger partial charge in [0.1, 0.15) is 0 Å². The molecule has 134 valence electrons. The van der Waals surface area contributed by atoms with Gasteiger partial charge in [0.15, 0.2) is 17.9 Å². The Bertz CT molecular complexity index is 1000. The number of halogens is 1. The van der Waals surface area contributed by atoms with Gasteiger partial charge in [0.25, 0.3) is 0 Å². The van der Waals surface area contributed by atoms with E-state index in [4.69, 9.17) is 8.83 Å². The molecule has 2 aliphatic heterocycles. The topological polar surface area (TPSA) is 30.2 Å². The first-order valence-electron chi connectivity index (χ1n) is 9.04. The van der Waals surface area contributed by atoms with Crippen LogP contribution in [0.4, 0.5) is 0 Å². The van der Waals surface area contributed by atoms with Crippen LogP contribution >= 0.6 is 0 Å². The second-order valence-corrected chi connectivity index (χ2v) is 7.31. The van der Waals surface area contributed by atoms with E-state index in [1.54, 1.807) is 12.5 Å². The summed E-state index contributed by atoms with van der Waals surface area (Å²) >= 11 is 0. The van der Waals surface area contributed by atoms with Crippen LogP contribution in [0.2, 0.25) is 0 Å². The average Bonchev–Trinajstić information content (AvgIpc) is 3.42. The van der Waals surface area contributed by atoms with Crippen molar-refractivity contribution in [3.8, 4) is 0 Å². The molecule has 0 spiro atoms. The van der Waals surface area contributed by atoms with E-state index in [1.165, 1.54) is 27.9 Å². The first-order valence-corrected chi connectivity index (χ1v) is 9.04. The van der Waals surface area contributed by atoms with Crippen molar-refractivity contribution in [2.24, 2.45) is 0 Å². The van der Waals surface area contributed by atoms with E-state index in [9.17, 15) is 0 Å². The first kappa shape index (κ1) is 16.4. The number of hydrogen-bond acceptors (Lipinski definition) is 2. The van der Waals surface area contributed by atoms with Gasteiger partial charge in [0.2, 0.25) is 0 Å². The van der Waals surface area contributed by atoms with Crippen LogP contribution in [0.3, 0.4) is 0 Å². The predicted octanol–water partition coefficient (Wildman–Crippen LogP) is 1.59. The fourth-order valence-electron chi connectivity index (χ4n) is 5.31. The monoisotopic (exact) mass is 375 g/mol. The van der Waals surface area contributed by atoms with E-state index in [-0.39, 0.29) is 23.7 Å². The number of fused-ring (bicyclic) bond motifs is 1. The maximum absolute atomic E-state index is 5.54. The van der Waals surface area contributed by atoms with Crippen molar-refractivity contribution in [2.75, 3.05) is 0 Å². The van der Waals surface area contributed by atoms with E-state index in [0.29, 0.717) is 6.04 Å². The minimum atomic E-state index is -0.180. The van der Waals surface area contributed by atoms with Crippen LogP contribution in [-0.4, -0.2) is 0 Å². The van der Waals surface area contributed by atoms with Crippen molar-refractivity contribution in [1.82, 2.24) is 0 Å². The third kappa shape index (κ3) is 2.00. The SMILES string of the molecule is [Cl-].c1ccc2c(c1)C1CC(c3ccoc3)(c3ccoc3)C2c2cccc[n+]21. The van der Waals surface area contributed by atoms with Gasteiger partial charge in [-0.1, -0.05) is 30.3 Å². The Labute approximate surface area is 163 Å². The highest BCUT2D eigenvalue weighted by atomic mass is 35.5. The summed E-state index contributed by atoms with van der Waals surface area (Å²) in [7, 11) is 0. The molecular weight excluding hydrogens is 358 g/mol. The van der Waals surface area contributed by atoms with Gasteiger partial charge >= 0.3 is 0 Å². The second kappa shape index (κ2) is 5.86. The molecule has 3 aromatic heterocycles. The number of benzene rings is 1. The Balaban J connectivity index is 0.00000160. The summed E-state index contributed by atoms with van der Waals surface area (Å²) in [6.07, 6.45) is 10.6. The molecule has 2 atom stereocenters. The van der Waals surface area contributed by atoms with Crippen molar-refractivity contribution in [3.63, 3.8) is 0 Å². The van der Waals surface area contributed by atoms with E-state index in [1.807, 2.05) is 12.5 Å². The third-order valence-corrected chi connectivity index (χ3v) is 6.30. The standard InChI is InChI=1S/C23H18NO2.ClH/c1-2-6-19-18(5-1)21-13-23(16-8-11-25-14-16,17-9-12-26-15-17)22(19)20-7-3-4-10-24(20)21;/h1-12,14-15,21-22H,13H2;1H/q+1;/p-1. The third-order valence-electron chi connectivity index (χ3n) is 6.30. The molecule has 7 rings (SSSR count). The number of pyridine rings is 1. The van der Waals surface area contributed by atoms with Crippen LogP contribution in [0.5, 0.6) is 0 Å². The Morgan fingerprint density at radius 2 is 1.48 bits per heavy atom. The van der Waals surface area contributed by atoms with Crippen molar-refractivity contribution in [1.29, 1.82) is 0 Å². The van der Waals surface area contributed by atoms with E-state index < -0.39 is 0 Å². The summed E-state index contributed by atoms with van der Waals surface area (Å²) in [5.41, 5.74) is 6.46. The number of aromatic nitrogens is 1. The molecule has 0 amide bonds. The predicted molar refractivity (Wildman–Crippen MR) is 95.9 cm³/mol. The average molecular weight is 376 g/mol. The molecule has 2 unspecified atom stereocenters. The van der Waals surface area contributed by atoms with Crippen LogP contribution in [-0.2, 0) is 5.41 Å². The zero-order valence-corrected chi connectivity index (χ0v) is 15.3. The fourth-order valence-corrected chi connectivity index (χ4v) is 5.31. The molecule has 0 saturated heterocycles. The summed E-state index contributed by atoms with van der Waals surface area (Å²) in [5.74, 6) is 0.222. The first-order chi connectivity index (χ1) is 12.9. The summed E-state index contributed by atoms with van der Waals surface area (Å²) in [6, 6.07) is 20.0.